The van der Waals surface area contributed by atoms with Crippen LogP contribution in [-0.2, 0) is 12.8 Å². The highest BCUT2D eigenvalue weighted by Crippen LogP contribution is 2.33. The molecule has 0 unspecified atom stereocenters. The second-order valence-corrected chi connectivity index (χ2v) is 7.49. The summed E-state index contributed by atoms with van der Waals surface area (Å²) in [6, 6.07) is 13.7. The van der Waals surface area contributed by atoms with E-state index >= 15 is 0 Å². The van der Waals surface area contributed by atoms with E-state index in [1.54, 1.807) is 12.3 Å². The van der Waals surface area contributed by atoms with Gasteiger partial charge in [-0.15, -0.1) is 10.2 Å². The fraction of sp³-hybridized carbons (Fsp3) is 0.423. The van der Waals surface area contributed by atoms with Crippen LogP contribution in [0.3, 0.4) is 0 Å². The highest BCUT2D eigenvalue weighted by Gasteiger charge is 2.12. The lowest BCUT2D eigenvalue weighted by Gasteiger charge is -2.15. The summed E-state index contributed by atoms with van der Waals surface area (Å²) < 4.78 is 5.80. The van der Waals surface area contributed by atoms with E-state index < -0.39 is 0 Å². The van der Waals surface area contributed by atoms with Crippen LogP contribution in [0.2, 0.25) is 0 Å². The molecule has 0 bridgehead atoms. The van der Waals surface area contributed by atoms with Gasteiger partial charge in [-0.05, 0) is 54.7 Å². The van der Waals surface area contributed by atoms with E-state index in [0.29, 0.717) is 12.4 Å². The third-order valence-corrected chi connectivity index (χ3v) is 5.24. The number of phenols is 1. The zero-order valence-electron chi connectivity index (χ0n) is 19.3. The van der Waals surface area contributed by atoms with E-state index in [1.165, 1.54) is 30.4 Å². The lowest BCUT2D eigenvalue weighted by Crippen LogP contribution is -2.02. The maximum Gasteiger partial charge on any atom is 0.164 e. The van der Waals surface area contributed by atoms with Crippen LogP contribution in [0.25, 0.3) is 11.3 Å². The average molecular weight is 422 g/mol. The Morgan fingerprint density at radius 2 is 1.71 bits per heavy atom. The number of aromatic nitrogens is 3. The molecule has 31 heavy (non-hydrogen) atoms. The van der Waals surface area contributed by atoms with Crippen LogP contribution in [-0.4, -0.2) is 27.1 Å². The number of nitrogens with zero attached hydrogens (tertiary/aromatic N) is 3. The Morgan fingerprint density at radius 3 is 2.35 bits per heavy atom. The molecular weight excluding hydrogens is 386 g/mol. The van der Waals surface area contributed by atoms with Crippen LogP contribution < -0.4 is 4.74 Å². The average Bonchev–Trinajstić information content (AvgIpc) is 2.81. The van der Waals surface area contributed by atoms with E-state index in [1.807, 2.05) is 30.3 Å². The first-order valence-corrected chi connectivity index (χ1v) is 11.3. The van der Waals surface area contributed by atoms with Gasteiger partial charge in [-0.1, -0.05) is 70.4 Å². The summed E-state index contributed by atoms with van der Waals surface area (Å²) >= 11 is 0. The molecule has 0 saturated carbocycles. The maximum absolute atomic E-state index is 9.92. The molecule has 0 fully saturated rings. The Bertz CT molecular complexity index is 914. The quantitative estimate of drug-likeness (QED) is 0.409. The highest BCUT2D eigenvalue weighted by atomic mass is 16.5. The van der Waals surface area contributed by atoms with Crippen LogP contribution in [0.1, 0.15) is 63.1 Å². The number of rotatable bonds is 9. The van der Waals surface area contributed by atoms with Crippen molar-refractivity contribution in [3.63, 3.8) is 0 Å². The summed E-state index contributed by atoms with van der Waals surface area (Å²) in [5, 5.41) is 21.1. The number of hydrogen-bond donors (Lipinski definition) is 1. The van der Waals surface area contributed by atoms with Crippen molar-refractivity contribution in [3.8, 4) is 22.8 Å². The molecule has 0 aliphatic carbocycles. The SMILES string of the molecule is CCCCCCOc1c(O)ccc(CC)c1CC.Cc1ccccc1-c1ccnnn1. The molecule has 3 rings (SSSR count). The molecule has 1 heterocycles. The van der Waals surface area contributed by atoms with Gasteiger partial charge < -0.3 is 9.84 Å². The first-order valence-electron chi connectivity index (χ1n) is 11.3. The minimum atomic E-state index is 0.277. The van der Waals surface area contributed by atoms with Crippen molar-refractivity contribution < 1.29 is 9.84 Å². The molecule has 5 heteroatoms. The number of ether oxygens (including phenoxy) is 1. The summed E-state index contributed by atoms with van der Waals surface area (Å²) in [4.78, 5) is 0. The molecular formula is C26H35N3O2. The van der Waals surface area contributed by atoms with Crippen molar-refractivity contribution in [1.82, 2.24) is 15.4 Å². The van der Waals surface area contributed by atoms with Gasteiger partial charge in [-0.2, -0.15) is 0 Å². The van der Waals surface area contributed by atoms with E-state index in [-0.39, 0.29) is 5.75 Å². The zero-order chi connectivity index (χ0) is 22.5. The van der Waals surface area contributed by atoms with Crippen molar-refractivity contribution in [2.24, 2.45) is 0 Å². The van der Waals surface area contributed by atoms with Crippen molar-refractivity contribution in [1.29, 1.82) is 0 Å². The summed E-state index contributed by atoms with van der Waals surface area (Å²) in [5.74, 6) is 0.980. The van der Waals surface area contributed by atoms with Gasteiger partial charge in [0.2, 0.25) is 0 Å². The van der Waals surface area contributed by atoms with Crippen molar-refractivity contribution in [2.75, 3.05) is 6.61 Å². The van der Waals surface area contributed by atoms with Gasteiger partial charge in [0.1, 0.15) is 0 Å². The number of phenolic OH excluding ortho intramolecular Hbond substituents is 1. The van der Waals surface area contributed by atoms with Gasteiger partial charge in [-0.3, -0.25) is 0 Å². The third kappa shape index (κ3) is 7.35. The van der Waals surface area contributed by atoms with E-state index in [2.05, 4.69) is 49.2 Å². The van der Waals surface area contributed by atoms with Gasteiger partial charge >= 0.3 is 0 Å². The molecule has 0 atom stereocenters. The molecule has 0 radical (unpaired) electrons. The Kier molecular flexibility index (Phi) is 10.5. The number of benzene rings is 2. The molecule has 0 saturated heterocycles. The van der Waals surface area contributed by atoms with Crippen LogP contribution in [0, 0.1) is 6.92 Å². The topological polar surface area (TPSA) is 68.1 Å². The fourth-order valence-electron chi connectivity index (χ4n) is 3.48. The highest BCUT2D eigenvalue weighted by molar-refractivity contribution is 5.62. The lowest BCUT2D eigenvalue weighted by molar-refractivity contribution is 0.286. The Morgan fingerprint density at radius 1 is 0.903 bits per heavy atom. The number of aryl methyl sites for hydroxylation is 2. The standard InChI is InChI=1S/C16H26O2.C10H9N3/c1-4-7-8-9-12-18-16-14(6-3)13(5-2)10-11-15(16)17;1-8-4-2-3-5-9(8)10-6-7-11-13-12-10/h10-11,17H,4-9,12H2,1-3H3;2-7H,1H3. The Labute approximate surface area is 186 Å². The van der Waals surface area contributed by atoms with Gasteiger partial charge in [0.05, 0.1) is 18.5 Å². The predicted octanol–water partition coefficient (Wildman–Crippen LogP) is 6.32. The second kappa shape index (κ2) is 13.4. The Balaban J connectivity index is 0.000000231. The van der Waals surface area contributed by atoms with Crippen molar-refractivity contribution in [3.05, 3.63) is 65.4 Å². The summed E-state index contributed by atoms with van der Waals surface area (Å²) in [6.45, 7) is 9.20. The monoisotopic (exact) mass is 421 g/mol. The molecule has 1 N–H and O–H groups in total. The minimum Gasteiger partial charge on any atom is -0.504 e. The Hall–Kier alpha value is -2.95. The molecule has 5 nitrogen and oxygen atoms in total. The first kappa shape index (κ1) is 24.3. The second-order valence-electron chi connectivity index (χ2n) is 7.49. The maximum atomic E-state index is 9.92. The molecule has 0 aliphatic heterocycles. The smallest absolute Gasteiger partial charge is 0.164 e. The lowest BCUT2D eigenvalue weighted by atomic mass is 10.0. The minimum absolute atomic E-state index is 0.277. The predicted molar refractivity (Wildman–Crippen MR) is 126 cm³/mol. The van der Waals surface area contributed by atoms with Gasteiger partial charge in [-0.25, -0.2) is 0 Å². The number of unbranched alkanes of at least 4 members (excludes halogenated alkanes) is 3. The zero-order valence-corrected chi connectivity index (χ0v) is 19.3. The van der Waals surface area contributed by atoms with Crippen molar-refractivity contribution >= 4 is 0 Å². The van der Waals surface area contributed by atoms with Crippen LogP contribution >= 0.6 is 0 Å². The van der Waals surface area contributed by atoms with E-state index in [0.717, 1.165) is 36.1 Å². The normalized spacial score (nSPS) is 10.3. The fourth-order valence-corrected chi connectivity index (χ4v) is 3.48. The molecule has 166 valence electrons. The van der Waals surface area contributed by atoms with Gasteiger partial charge in [0.25, 0.3) is 0 Å². The van der Waals surface area contributed by atoms with Gasteiger partial charge in [0.15, 0.2) is 11.5 Å². The molecule has 0 aliphatic rings. The molecule has 1 aromatic heterocycles. The number of hydrogen-bond acceptors (Lipinski definition) is 5. The third-order valence-electron chi connectivity index (χ3n) is 5.24. The van der Waals surface area contributed by atoms with Crippen molar-refractivity contribution in [2.45, 2.75) is 66.2 Å². The van der Waals surface area contributed by atoms with Gasteiger partial charge in [0, 0.05) is 11.1 Å². The number of aromatic hydroxyl groups is 1. The molecule has 0 amide bonds. The molecule has 3 aromatic rings. The summed E-state index contributed by atoms with van der Waals surface area (Å²) in [6.07, 6.45) is 8.28. The molecule has 2 aromatic carbocycles. The van der Waals surface area contributed by atoms with Crippen LogP contribution in [0.15, 0.2) is 48.7 Å². The summed E-state index contributed by atoms with van der Waals surface area (Å²) in [5.41, 5.74) is 5.61. The van der Waals surface area contributed by atoms with E-state index in [4.69, 9.17) is 4.74 Å². The molecule has 0 spiro atoms. The van der Waals surface area contributed by atoms with Crippen LogP contribution in [0.4, 0.5) is 0 Å². The first-order chi connectivity index (χ1) is 15.1. The van der Waals surface area contributed by atoms with E-state index in [9.17, 15) is 5.11 Å². The largest absolute Gasteiger partial charge is 0.504 e. The summed E-state index contributed by atoms with van der Waals surface area (Å²) in [7, 11) is 0. The van der Waals surface area contributed by atoms with Crippen LogP contribution in [0.5, 0.6) is 11.5 Å².